The van der Waals surface area contributed by atoms with Gasteiger partial charge in [0.15, 0.2) is 5.96 Å². The average molecular weight is 492 g/mol. The van der Waals surface area contributed by atoms with Gasteiger partial charge in [-0.2, -0.15) is 0 Å². The smallest absolute Gasteiger partial charge is 0.191 e. The lowest BCUT2D eigenvalue weighted by molar-refractivity contribution is 0.242. The SMILES string of the molecule is CN=C(NCCSc1ccccc1F)NC1CCN(C2CCCC2)C1.I. The molecule has 26 heavy (non-hydrogen) atoms. The molecule has 4 nitrogen and oxygen atoms in total. The molecule has 146 valence electrons. The van der Waals surface area contributed by atoms with Gasteiger partial charge in [-0.3, -0.25) is 9.89 Å². The molecule has 2 fully saturated rings. The van der Waals surface area contributed by atoms with Crippen molar-refractivity contribution in [2.45, 2.75) is 49.1 Å². The van der Waals surface area contributed by atoms with Gasteiger partial charge in [0.1, 0.15) is 5.82 Å². The molecule has 0 amide bonds. The van der Waals surface area contributed by atoms with E-state index in [0.717, 1.165) is 30.8 Å². The van der Waals surface area contributed by atoms with Crippen LogP contribution < -0.4 is 10.6 Å². The molecule has 1 aliphatic carbocycles. The van der Waals surface area contributed by atoms with E-state index in [1.807, 2.05) is 19.2 Å². The van der Waals surface area contributed by atoms with Crippen LogP contribution >= 0.6 is 35.7 Å². The summed E-state index contributed by atoms with van der Waals surface area (Å²) in [6.45, 7) is 3.08. The topological polar surface area (TPSA) is 39.7 Å². The van der Waals surface area contributed by atoms with Gasteiger partial charge in [-0.1, -0.05) is 25.0 Å². The van der Waals surface area contributed by atoms with Crippen LogP contribution in [0.5, 0.6) is 0 Å². The van der Waals surface area contributed by atoms with Crippen molar-refractivity contribution < 1.29 is 4.39 Å². The van der Waals surface area contributed by atoms with Gasteiger partial charge in [0.2, 0.25) is 0 Å². The number of hydrogen-bond acceptors (Lipinski definition) is 3. The molecule has 1 aromatic carbocycles. The number of guanidine groups is 1. The van der Waals surface area contributed by atoms with Crippen LogP contribution in [-0.2, 0) is 0 Å². The molecule has 2 aliphatic rings. The van der Waals surface area contributed by atoms with Gasteiger partial charge in [-0.15, -0.1) is 35.7 Å². The summed E-state index contributed by atoms with van der Waals surface area (Å²) in [6.07, 6.45) is 6.70. The number of aliphatic imine (C=N–C) groups is 1. The van der Waals surface area contributed by atoms with E-state index < -0.39 is 0 Å². The predicted molar refractivity (Wildman–Crippen MR) is 119 cm³/mol. The maximum Gasteiger partial charge on any atom is 0.191 e. The van der Waals surface area contributed by atoms with E-state index in [9.17, 15) is 4.39 Å². The molecule has 0 radical (unpaired) electrons. The first-order chi connectivity index (χ1) is 12.3. The number of halogens is 2. The van der Waals surface area contributed by atoms with Crippen molar-refractivity contribution in [2.75, 3.05) is 32.4 Å². The first-order valence-corrected chi connectivity index (χ1v) is 10.3. The van der Waals surface area contributed by atoms with Crippen LogP contribution in [0.4, 0.5) is 4.39 Å². The minimum atomic E-state index is -0.145. The molecule has 1 unspecified atom stereocenters. The van der Waals surface area contributed by atoms with Gasteiger partial charge in [0.05, 0.1) is 0 Å². The van der Waals surface area contributed by atoms with Gasteiger partial charge in [0, 0.05) is 49.4 Å². The zero-order valence-electron chi connectivity index (χ0n) is 15.4. The maximum atomic E-state index is 13.6. The number of benzene rings is 1. The molecule has 1 saturated carbocycles. The molecular formula is C19H30FIN4S. The van der Waals surface area contributed by atoms with E-state index in [0.29, 0.717) is 10.9 Å². The lowest BCUT2D eigenvalue weighted by atomic mass is 10.2. The Labute approximate surface area is 177 Å². The zero-order valence-corrected chi connectivity index (χ0v) is 18.6. The summed E-state index contributed by atoms with van der Waals surface area (Å²) in [5.41, 5.74) is 0. The standard InChI is InChI=1S/C19H29FN4S.HI/c1-21-19(22-11-13-25-18-9-5-4-8-17(18)20)23-15-10-12-24(14-15)16-6-2-3-7-16;/h4-5,8-9,15-16H,2-3,6-7,10-14H2,1H3,(H2,21,22,23);1H. The lowest BCUT2D eigenvalue weighted by Crippen LogP contribution is -2.45. The number of rotatable bonds is 6. The van der Waals surface area contributed by atoms with Crippen LogP contribution in [-0.4, -0.2) is 55.4 Å². The van der Waals surface area contributed by atoms with Crippen molar-refractivity contribution in [1.29, 1.82) is 0 Å². The Morgan fingerprint density at radius 3 is 2.77 bits per heavy atom. The van der Waals surface area contributed by atoms with Crippen LogP contribution in [0, 0.1) is 5.82 Å². The van der Waals surface area contributed by atoms with Gasteiger partial charge in [-0.25, -0.2) is 4.39 Å². The fourth-order valence-corrected chi connectivity index (χ4v) is 4.59. The molecule has 0 aromatic heterocycles. The molecular weight excluding hydrogens is 462 g/mol. The molecule has 2 N–H and O–H groups in total. The Morgan fingerprint density at radius 1 is 1.27 bits per heavy atom. The summed E-state index contributed by atoms with van der Waals surface area (Å²) in [5, 5.41) is 6.89. The summed E-state index contributed by atoms with van der Waals surface area (Å²) in [6, 6.07) is 8.20. The molecule has 1 atom stereocenters. The highest BCUT2D eigenvalue weighted by Gasteiger charge is 2.30. The fraction of sp³-hybridized carbons (Fsp3) is 0.632. The first-order valence-electron chi connectivity index (χ1n) is 9.35. The Kier molecular flexibility index (Phi) is 9.49. The second kappa shape index (κ2) is 11.3. The lowest BCUT2D eigenvalue weighted by Gasteiger charge is -2.24. The van der Waals surface area contributed by atoms with Gasteiger partial charge in [0.25, 0.3) is 0 Å². The number of nitrogens with one attached hydrogen (secondary N) is 2. The molecule has 3 rings (SSSR count). The molecule has 1 aliphatic heterocycles. The summed E-state index contributed by atoms with van der Waals surface area (Å²) in [7, 11) is 1.81. The molecule has 1 saturated heterocycles. The third kappa shape index (κ3) is 6.27. The van der Waals surface area contributed by atoms with Crippen LogP contribution in [0.15, 0.2) is 34.2 Å². The third-order valence-electron chi connectivity index (χ3n) is 5.11. The van der Waals surface area contributed by atoms with Crippen molar-refractivity contribution in [3.05, 3.63) is 30.1 Å². The van der Waals surface area contributed by atoms with Crippen molar-refractivity contribution >= 4 is 41.7 Å². The van der Waals surface area contributed by atoms with Gasteiger partial charge in [-0.05, 0) is 31.4 Å². The van der Waals surface area contributed by atoms with E-state index in [1.165, 1.54) is 56.5 Å². The minimum absolute atomic E-state index is 0. The second-order valence-corrected chi connectivity index (χ2v) is 7.98. The summed E-state index contributed by atoms with van der Waals surface area (Å²) in [5.74, 6) is 1.51. The summed E-state index contributed by atoms with van der Waals surface area (Å²) < 4.78 is 13.6. The molecule has 7 heteroatoms. The molecule has 0 bridgehead atoms. The Morgan fingerprint density at radius 2 is 2.04 bits per heavy atom. The number of likely N-dealkylation sites (tertiary alicyclic amines) is 1. The van der Waals surface area contributed by atoms with E-state index in [4.69, 9.17) is 0 Å². The Hall–Kier alpha value is -0.540. The van der Waals surface area contributed by atoms with E-state index >= 15 is 0 Å². The molecule has 0 spiro atoms. The van der Waals surface area contributed by atoms with Crippen molar-refractivity contribution in [1.82, 2.24) is 15.5 Å². The van der Waals surface area contributed by atoms with Gasteiger partial charge >= 0.3 is 0 Å². The number of hydrogen-bond donors (Lipinski definition) is 2. The molecule has 1 aromatic rings. The second-order valence-electron chi connectivity index (χ2n) is 6.84. The van der Waals surface area contributed by atoms with Crippen LogP contribution in [0.2, 0.25) is 0 Å². The van der Waals surface area contributed by atoms with Crippen molar-refractivity contribution in [3.8, 4) is 0 Å². The average Bonchev–Trinajstić information content (AvgIpc) is 3.30. The highest BCUT2D eigenvalue weighted by atomic mass is 127. The van der Waals surface area contributed by atoms with E-state index in [1.54, 1.807) is 6.07 Å². The van der Waals surface area contributed by atoms with Crippen molar-refractivity contribution in [2.24, 2.45) is 4.99 Å². The van der Waals surface area contributed by atoms with E-state index in [2.05, 4.69) is 20.5 Å². The Bertz CT molecular complexity index is 580. The van der Waals surface area contributed by atoms with Gasteiger partial charge < -0.3 is 10.6 Å². The van der Waals surface area contributed by atoms with Crippen molar-refractivity contribution in [3.63, 3.8) is 0 Å². The summed E-state index contributed by atoms with van der Waals surface area (Å²) >= 11 is 1.53. The third-order valence-corrected chi connectivity index (χ3v) is 6.16. The largest absolute Gasteiger partial charge is 0.356 e. The maximum absolute atomic E-state index is 13.6. The highest BCUT2D eigenvalue weighted by Crippen LogP contribution is 2.26. The highest BCUT2D eigenvalue weighted by molar-refractivity contribution is 14.0. The van der Waals surface area contributed by atoms with E-state index in [-0.39, 0.29) is 29.8 Å². The first kappa shape index (κ1) is 21.8. The monoisotopic (exact) mass is 492 g/mol. The van der Waals surface area contributed by atoms with Crippen LogP contribution in [0.1, 0.15) is 32.1 Å². The summed E-state index contributed by atoms with van der Waals surface area (Å²) in [4.78, 5) is 7.68. The number of nitrogens with zero attached hydrogens (tertiary/aromatic N) is 2. The Balaban J connectivity index is 0.00000243. The molecule has 1 heterocycles. The van der Waals surface area contributed by atoms with Crippen LogP contribution in [0.25, 0.3) is 0 Å². The zero-order chi connectivity index (χ0) is 17.5. The fourth-order valence-electron chi connectivity index (χ4n) is 3.79. The minimum Gasteiger partial charge on any atom is -0.356 e. The van der Waals surface area contributed by atoms with Crippen LogP contribution in [0.3, 0.4) is 0 Å². The normalized spacial score (nSPS) is 21.6. The predicted octanol–water partition coefficient (Wildman–Crippen LogP) is 3.72. The number of thioether (sulfide) groups is 1. The quantitative estimate of drug-likeness (QED) is 0.209.